The third-order valence-corrected chi connectivity index (χ3v) is 5.52. The van der Waals surface area contributed by atoms with Crippen molar-refractivity contribution < 1.29 is 22.7 Å². The van der Waals surface area contributed by atoms with E-state index < -0.39 is 34.0 Å². The van der Waals surface area contributed by atoms with Gasteiger partial charge in [0.1, 0.15) is 13.1 Å². The Morgan fingerprint density at radius 1 is 1.13 bits per heavy atom. The molecule has 0 spiro atoms. The summed E-state index contributed by atoms with van der Waals surface area (Å²) in [5.74, 6) is -1.26. The summed E-state index contributed by atoms with van der Waals surface area (Å²) in [7, 11) is -2.84. The second-order valence-corrected chi connectivity index (χ2v) is 7.91. The van der Waals surface area contributed by atoms with E-state index in [-0.39, 0.29) is 17.1 Å². The molecule has 0 bridgehead atoms. The molecule has 0 fully saturated rings. The van der Waals surface area contributed by atoms with Crippen LogP contribution in [0, 0.1) is 0 Å². The van der Waals surface area contributed by atoms with Crippen LogP contribution in [0.1, 0.15) is 0 Å². The average Bonchev–Trinajstić information content (AvgIpc) is 2.74. The second kappa shape index (κ2) is 8.84. The van der Waals surface area contributed by atoms with Crippen molar-refractivity contribution >= 4 is 38.6 Å². The standard InChI is InChI=1S/C19H18N4O6S/c1-29-19(26)11-21-30(27,28)14-6-4-5-13(9-14)22-17(24)12-23-16-8-3-2-7-15(16)20-10-18(23)25/h2-10,21H,11-12H2,1H3,(H,22,24). The molecule has 0 unspecified atom stereocenters. The molecule has 0 aliphatic carbocycles. The monoisotopic (exact) mass is 430 g/mol. The zero-order valence-electron chi connectivity index (χ0n) is 15.9. The van der Waals surface area contributed by atoms with Crippen molar-refractivity contribution in [3.05, 3.63) is 65.1 Å². The van der Waals surface area contributed by atoms with Gasteiger partial charge in [0.2, 0.25) is 15.9 Å². The Kier molecular flexibility index (Phi) is 6.23. The first-order chi connectivity index (χ1) is 14.3. The third-order valence-electron chi connectivity index (χ3n) is 4.12. The number of esters is 1. The highest BCUT2D eigenvalue weighted by Crippen LogP contribution is 2.16. The summed E-state index contributed by atoms with van der Waals surface area (Å²) in [5, 5.41) is 2.57. The van der Waals surface area contributed by atoms with E-state index in [1.165, 1.54) is 28.8 Å². The van der Waals surface area contributed by atoms with Gasteiger partial charge in [-0.15, -0.1) is 0 Å². The molecule has 3 rings (SSSR count). The molecule has 1 heterocycles. The summed E-state index contributed by atoms with van der Waals surface area (Å²) in [5.41, 5.74) is 0.845. The highest BCUT2D eigenvalue weighted by molar-refractivity contribution is 7.89. The molecule has 0 saturated carbocycles. The van der Waals surface area contributed by atoms with Gasteiger partial charge in [-0.3, -0.25) is 19.0 Å². The Morgan fingerprint density at radius 3 is 2.67 bits per heavy atom. The van der Waals surface area contributed by atoms with Crippen LogP contribution in [0.4, 0.5) is 5.69 Å². The SMILES string of the molecule is COC(=O)CNS(=O)(=O)c1cccc(NC(=O)Cn2c(=O)cnc3ccccc32)c1. The van der Waals surface area contributed by atoms with E-state index in [4.69, 9.17) is 0 Å². The molecule has 156 valence electrons. The van der Waals surface area contributed by atoms with E-state index in [0.29, 0.717) is 11.0 Å². The minimum Gasteiger partial charge on any atom is -0.468 e. The minimum absolute atomic E-state index is 0.143. The molecule has 11 heteroatoms. The van der Waals surface area contributed by atoms with Crippen molar-refractivity contribution in [2.45, 2.75) is 11.4 Å². The molecule has 2 N–H and O–H groups in total. The number of methoxy groups -OCH3 is 1. The average molecular weight is 430 g/mol. The molecule has 0 aliphatic rings. The molecular weight excluding hydrogens is 412 g/mol. The van der Waals surface area contributed by atoms with Gasteiger partial charge in [-0.05, 0) is 30.3 Å². The van der Waals surface area contributed by atoms with Gasteiger partial charge in [0.05, 0.1) is 29.2 Å². The van der Waals surface area contributed by atoms with E-state index in [1.54, 1.807) is 24.3 Å². The van der Waals surface area contributed by atoms with E-state index in [9.17, 15) is 22.8 Å². The quantitative estimate of drug-likeness (QED) is 0.521. The maximum absolute atomic E-state index is 12.5. The van der Waals surface area contributed by atoms with Crippen molar-refractivity contribution in [2.24, 2.45) is 0 Å². The minimum atomic E-state index is -3.98. The van der Waals surface area contributed by atoms with Crippen LogP contribution in [0.25, 0.3) is 11.0 Å². The number of rotatable bonds is 7. The molecule has 1 amide bonds. The number of ether oxygens (including phenoxy) is 1. The fourth-order valence-corrected chi connectivity index (χ4v) is 3.69. The van der Waals surface area contributed by atoms with Gasteiger partial charge in [0.25, 0.3) is 5.56 Å². The Hall–Kier alpha value is -3.57. The molecule has 30 heavy (non-hydrogen) atoms. The fraction of sp³-hybridized carbons (Fsp3) is 0.158. The summed E-state index contributed by atoms with van der Waals surface area (Å²) >= 11 is 0. The Labute approximate surface area is 171 Å². The van der Waals surface area contributed by atoms with Crippen molar-refractivity contribution in [2.75, 3.05) is 19.0 Å². The van der Waals surface area contributed by atoms with Gasteiger partial charge < -0.3 is 10.1 Å². The predicted octanol–water partition coefficient (Wildman–Crippen LogP) is 0.487. The topological polar surface area (TPSA) is 136 Å². The van der Waals surface area contributed by atoms with Crippen LogP contribution < -0.4 is 15.6 Å². The summed E-state index contributed by atoms with van der Waals surface area (Å²) in [6.07, 6.45) is 1.13. The van der Waals surface area contributed by atoms with Crippen molar-refractivity contribution in [1.82, 2.24) is 14.3 Å². The first-order valence-corrected chi connectivity index (χ1v) is 10.2. The number of carbonyl (C=O) groups excluding carboxylic acids is 2. The number of carbonyl (C=O) groups is 2. The van der Waals surface area contributed by atoms with Crippen LogP contribution in [0.5, 0.6) is 0 Å². The summed E-state index contributed by atoms with van der Waals surface area (Å²) in [6.45, 7) is -0.799. The highest BCUT2D eigenvalue weighted by Gasteiger charge is 2.17. The van der Waals surface area contributed by atoms with Crippen LogP contribution in [0.3, 0.4) is 0 Å². The number of hydrogen-bond acceptors (Lipinski definition) is 7. The highest BCUT2D eigenvalue weighted by atomic mass is 32.2. The molecule has 1 aromatic heterocycles. The van der Waals surface area contributed by atoms with Crippen LogP contribution in [0.15, 0.2) is 64.4 Å². The van der Waals surface area contributed by atoms with Crippen LogP contribution in [0.2, 0.25) is 0 Å². The van der Waals surface area contributed by atoms with Gasteiger partial charge >= 0.3 is 5.97 Å². The smallest absolute Gasteiger partial charge is 0.320 e. The number of hydrogen-bond donors (Lipinski definition) is 2. The zero-order chi connectivity index (χ0) is 21.7. The van der Waals surface area contributed by atoms with Crippen molar-refractivity contribution in [3.8, 4) is 0 Å². The molecular formula is C19H18N4O6S. The summed E-state index contributed by atoms with van der Waals surface area (Å²) in [4.78, 5) is 39.7. The summed E-state index contributed by atoms with van der Waals surface area (Å²) < 4.78 is 32.4. The van der Waals surface area contributed by atoms with Crippen molar-refractivity contribution in [3.63, 3.8) is 0 Å². The van der Waals surface area contributed by atoms with Gasteiger partial charge in [0, 0.05) is 5.69 Å². The lowest BCUT2D eigenvalue weighted by Gasteiger charge is -2.11. The van der Waals surface area contributed by atoms with Crippen LogP contribution in [-0.2, 0) is 30.9 Å². The van der Waals surface area contributed by atoms with Crippen LogP contribution >= 0.6 is 0 Å². The van der Waals surface area contributed by atoms with Gasteiger partial charge in [-0.25, -0.2) is 13.4 Å². The third kappa shape index (κ3) is 4.88. The first-order valence-electron chi connectivity index (χ1n) is 8.71. The molecule has 0 saturated heterocycles. The molecule has 10 nitrogen and oxygen atoms in total. The lowest BCUT2D eigenvalue weighted by atomic mass is 10.3. The number of sulfonamides is 1. The predicted molar refractivity (Wildman–Crippen MR) is 108 cm³/mol. The Bertz CT molecular complexity index is 1270. The van der Waals surface area contributed by atoms with E-state index >= 15 is 0 Å². The molecule has 2 aromatic carbocycles. The van der Waals surface area contributed by atoms with E-state index in [0.717, 1.165) is 13.3 Å². The number of nitrogens with one attached hydrogen (secondary N) is 2. The normalized spacial score (nSPS) is 11.2. The fourth-order valence-electron chi connectivity index (χ4n) is 2.67. The lowest BCUT2D eigenvalue weighted by Crippen LogP contribution is -2.30. The van der Waals surface area contributed by atoms with Gasteiger partial charge in [-0.1, -0.05) is 18.2 Å². The van der Waals surface area contributed by atoms with Crippen LogP contribution in [-0.4, -0.2) is 43.5 Å². The van der Waals surface area contributed by atoms with Crippen molar-refractivity contribution in [1.29, 1.82) is 0 Å². The van der Waals surface area contributed by atoms with Gasteiger partial charge in [0.15, 0.2) is 0 Å². The molecule has 0 atom stereocenters. The number of benzene rings is 2. The molecule has 0 aliphatic heterocycles. The van der Waals surface area contributed by atoms with E-state index in [1.807, 2.05) is 0 Å². The second-order valence-electron chi connectivity index (χ2n) is 6.15. The maximum Gasteiger partial charge on any atom is 0.320 e. The Morgan fingerprint density at radius 2 is 1.90 bits per heavy atom. The van der Waals surface area contributed by atoms with Gasteiger partial charge in [-0.2, -0.15) is 4.72 Å². The number of para-hydroxylation sites is 2. The maximum atomic E-state index is 12.5. The number of fused-ring (bicyclic) bond motifs is 1. The number of nitrogens with zero attached hydrogens (tertiary/aromatic N) is 2. The Balaban J connectivity index is 1.77. The number of anilines is 1. The number of aromatic nitrogens is 2. The number of amides is 1. The van der Waals surface area contributed by atoms with E-state index in [2.05, 4.69) is 19.8 Å². The molecule has 0 radical (unpaired) electrons. The molecule has 3 aromatic rings. The first kappa shape index (κ1) is 21.1. The zero-order valence-corrected chi connectivity index (χ0v) is 16.7. The largest absolute Gasteiger partial charge is 0.468 e. The summed E-state index contributed by atoms with van der Waals surface area (Å²) in [6, 6.07) is 12.4. The lowest BCUT2D eigenvalue weighted by molar-refractivity contribution is -0.139.